The summed E-state index contributed by atoms with van der Waals surface area (Å²) < 4.78 is 16.5. The second-order valence-electron chi connectivity index (χ2n) is 3.36. The van der Waals surface area contributed by atoms with E-state index in [2.05, 4.69) is 15.9 Å². The summed E-state index contributed by atoms with van der Waals surface area (Å²) in [6.45, 7) is 0.439. The topological polar surface area (TPSA) is 61.5 Å². The van der Waals surface area contributed by atoms with Gasteiger partial charge in [0.25, 0.3) is 0 Å². The Hall–Kier alpha value is -1.04. The molecule has 2 heterocycles. The largest absolute Gasteiger partial charge is 0.461 e. The van der Waals surface area contributed by atoms with Crippen LogP contribution in [0.5, 0.6) is 0 Å². The molecule has 0 aliphatic rings. The molecule has 4 nitrogen and oxygen atoms in total. The van der Waals surface area contributed by atoms with Gasteiger partial charge in [-0.25, -0.2) is 0 Å². The highest BCUT2D eigenvalue weighted by atomic mass is 79.9. The van der Waals surface area contributed by atoms with Crippen molar-refractivity contribution in [2.45, 2.75) is 12.6 Å². The minimum absolute atomic E-state index is 0.392. The van der Waals surface area contributed by atoms with Gasteiger partial charge in [-0.1, -0.05) is 0 Å². The molecular formula is C11H12BrNO3. The SMILES string of the molecule is COCc1ccc(C(N)c2ccc(Br)o2)o1. The van der Waals surface area contributed by atoms with Crippen LogP contribution in [0.1, 0.15) is 23.3 Å². The maximum Gasteiger partial charge on any atom is 0.169 e. The van der Waals surface area contributed by atoms with Gasteiger partial charge in [0.1, 0.15) is 29.9 Å². The Bertz CT molecular complexity index is 463. The molecule has 2 rings (SSSR count). The van der Waals surface area contributed by atoms with Crippen LogP contribution in [0.25, 0.3) is 0 Å². The number of methoxy groups -OCH3 is 1. The summed E-state index contributed by atoms with van der Waals surface area (Å²) in [6, 6.07) is 6.89. The van der Waals surface area contributed by atoms with Crippen LogP contribution in [0, 0.1) is 0 Å². The third-order valence-corrected chi connectivity index (χ3v) is 2.60. The molecule has 0 fully saturated rings. The molecule has 2 aromatic rings. The molecule has 0 aromatic carbocycles. The Morgan fingerprint density at radius 3 is 2.56 bits per heavy atom. The minimum atomic E-state index is -0.392. The van der Waals surface area contributed by atoms with Crippen molar-refractivity contribution in [2.24, 2.45) is 5.73 Å². The van der Waals surface area contributed by atoms with Crippen molar-refractivity contribution in [3.05, 3.63) is 46.2 Å². The quantitative estimate of drug-likeness (QED) is 0.938. The van der Waals surface area contributed by atoms with Crippen molar-refractivity contribution in [1.82, 2.24) is 0 Å². The monoisotopic (exact) mass is 285 g/mol. The molecule has 5 heteroatoms. The smallest absolute Gasteiger partial charge is 0.169 e. The van der Waals surface area contributed by atoms with Crippen molar-refractivity contribution in [1.29, 1.82) is 0 Å². The van der Waals surface area contributed by atoms with Gasteiger partial charge >= 0.3 is 0 Å². The summed E-state index contributed by atoms with van der Waals surface area (Å²) >= 11 is 3.23. The molecule has 0 bridgehead atoms. The maximum atomic E-state index is 5.99. The standard InChI is InChI=1S/C11H12BrNO3/c1-14-6-7-2-3-8(15-7)11(13)9-4-5-10(12)16-9/h2-5,11H,6,13H2,1H3. The lowest BCUT2D eigenvalue weighted by Crippen LogP contribution is -2.09. The summed E-state index contributed by atoms with van der Waals surface area (Å²) in [7, 11) is 1.62. The van der Waals surface area contributed by atoms with E-state index in [1.165, 1.54) is 0 Å². The van der Waals surface area contributed by atoms with Crippen molar-refractivity contribution < 1.29 is 13.6 Å². The van der Waals surface area contributed by atoms with Gasteiger partial charge in [-0.3, -0.25) is 0 Å². The highest BCUT2D eigenvalue weighted by molar-refractivity contribution is 9.10. The number of hydrogen-bond acceptors (Lipinski definition) is 4. The predicted molar refractivity (Wildman–Crippen MR) is 61.9 cm³/mol. The second kappa shape index (κ2) is 4.86. The summed E-state index contributed by atoms with van der Waals surface area (Å²) in [5.41, 5.74) is 5.99. The Morgan fingerprint density at radius 1 is 1.25 bits per heavy atom. The second-order valence-corrected chi connectivity index (χ2v) is 4.14. The van der Waals surface area contributed by atoms with E-state index < -0.39 is 6.04 Å². The Labute approximate surface area is 101 Å². The first-order valence-corrected chi connectivity index (χ1v) is 5.58. The van der Waals surface area contributed by atoms with Crippen LogP contribution in [0.15, 0.2) is 37.8 Å². The molecule has 0 amide bonds. The van der Waals surface area contributed by atoms with Crippen molar-refractivity contribution in [3.63, 3.8) is 0 Å². The molecule has 0 spiro atoms. The van der Waals surface area contributed by atoms with Gasteiger partial charge < -0.3 is 19.3 Å². The number of rotatable bonds is 4. The van der Waals surface area contributed by atoms with E-state index in [-0.39, 0.29) is 0 Å². The lowest BCUT2D eigenvalue weighted by molar-refractivity contribution is 0.162. The Morgan fingerprint density at radius 2 is 1.94 bits per heavy atom. The normalized spacial score (nSPS) is 12.9. The molecule has 2 N–H and O–H groups in total. The molecule has 86 valence electrons. The molecule has 2 aromatic heterocycles. The number of halogens is 1. The van der Waals surface area contributed by atoms with E-state index in [0.29, 0.717) is 22.8 Å². The molecule has 0 saturated heterocycles. The van der Waals surface area contributed by atoms with Crippen LogP contribution in [0.3, 0.4) is 0 Å². The van der Waals surface area contributed by atoms with Crippen LogP contribution in [-0.2, 0) is 11.3 Å². The molecule has 0 radical (unpaired) electrons. The van der Waals surface area contributed by atoms with Crippen molar-refractivity contribution >= 4 is 15.9 Å². The van der Waals surface area contributed by atoms with E-state index in [1.807, 2.05) is 18.2 Å². The van der Waals surface area contributed by atoms with Gasteiger partial charge in [-0.15, -0.1) is 0 Å². The number of nitrogens with two attached hydrogens (primary N) is 1. The van der Waals surface area contributed by atoms with Gasteiger partial charge in [0.05, 0.1) is 0 Å². The lowest BCUT2D eigenvalue weighted by atomic mass is 10.2. The van der Waals surface area contributed by atoms with Crippen LogP contribution in [0.2, 0.25) is 0 Å². The average Bonchev–Trinajstić information content (AvgIpc) is 2.87. The van der Waals surface area contributed by atoms with E-state index in [1.54, 1.807) is 13.2 Å². The average molecular weight is 286 g/mol. The zero-order chi connectivity index (χ0) is 11.5. The van der Waals surface area contributed by atoms with Gasteiger partial charge in [0.15, 0.2) is 4.67 Å². The molecule has 0 saturated carbocycles. The van der Waals surface area contributed by atoms with E-state index in [4.69, 9.17) is 19.3 Å². The predicted octanol–water partition coefficient (Wildman–Crippen LogP) is 2.83. The third kappa shape index (κ3) is 2.37. The Kier molecular flexibility index (Phi) is 3.48. The van der Waals surface area contributed by atoms with Crippen molar-refractivity contribution in [2.75, 3.05) is 7.11 Å². The molecule has 16 heavy (non-hydrogen) atoms. The first-order valence-electron chi connectivity index (χ1n) is 4.79. The number of ether oxygens (including phenoxy) is 1. The summed E-state index contributed by atoms with van der Waals surface area (Å²) in [6.07, 6.45) is 0. The molecule has 0 aliphatic carbocycles. The summed E-state index contributed by atoms with van der Waals surface area (Å²) in [5.74, 6) is 2.07. The van der Waals surface area contributed by atoms with Crippen LogP contribution in [-0.4, -0.2) is 7.11 Å². The van der Waals surface area contributed by atoms with Crippen LogP contribution >= 0.6 is 15.9 Å². The number of furan rings is 2. The van der Waals surface area contributed by atoms with Gasteiger partial charge in [0.2, 0.25) is 0 Å². The molecule has 0 aliphatic heterocycles. The highest BCUT2D eigenvalue weighted by Crippen LogP contribution is 2.25. The lowest BCUT2D eigenvalue weighted by Gasteiger charge is -2.04. The number of hydrogen-bond donors (Lipinski definition) is 1. The zero-order valence-electron chi connectivity index (χ0n) is 8.77. The van der Waals surface area contributed by atoms with Crippen LogP contribution < -0.4 is 5.73 Å². The van der Waals surface area contributed by atoms with E-state index in [9.17, 15) is 0 Å². The fraction of sp³-hybridized carbons (Fsp3) is 0.273. The fourth-order valence-electron chi connectivity index (χ4n) is 1.42. The first-order chi connectivity index (χ1) is 7.70. The Balaban J connectivity index is 2.17. The molecular weight excluding hydrogens is 274 g/mol. The fourth-order valence-corrected chi connectivity index (χ4v) is 1.74. The van der Waals surface area contributed by atoms with Gasteiger partial charge in [-0.2, -0.15) is 0 Å². The van der Waals surface area contributed by atoms with E-state index in [0.717, 1.165) is 5.76 Å². The van der Waals surface area contributed by atoms with Crippen molar-refractivity contribution in [3.8, 4) is 0 Å². The van der Waals surface area contributed by atoms with E-state index >= 15 is 0 Å². The molecule has 1 unspecified atom stereocenters. The van der Waals surface area contributed by atoms with Gasteiger partial charge in [0, 0.05) is 7.11 Å². The van der Waals surface area contributed by atoms with Crippen LogP contribution in [0.4, 0.5) is 0 Å². The summed E-state index contributed by atoms with van der Waals surface area (Å²) in [4.78, 5) is 0. The third-order valence-electron chi connectivity index (χ3n) is 2.18. The van der Waals surface area contributed by atoms with Gasteiger partial charge in [-0.05, 0) is 40.2 Å². The molecule has 1 atom stereocenters. The minimum Gasteiger partial charge on any atom is -0.461 e. The maximum absolute atomic E-state index is 5.99. The highest BCUT2D eigenvalue weighted by Gasteiger charge is 2.16. The summed E-state index contributed by atoms with van der Waals surface area (Å²) in [5, 5.41) is 0. The zero-order valence-corrected chi connectivity index (χ0v) is 10.4. The first kappa shape index (κ1) is 11.4.